The summed E-state index contributed by atoms with van der Waals surface area (Å²) >= 11 is 1.95. The predicted molar refractivity (Wildman–Crippen MR) is 92.1 cm³/mol. The van der Waals surface area contributed by atoms with Gasteiger partial charge in [0.25, 0.3) is 0 Å². The second kappa shape index (κ2) is 6.80. The van der Waals surface area contributed by atoms with Gasteiger partial charge in [0.2, 0.25) is 0 Å². The van der Waals surface area contributed by atoms with Gasteiger partial charge in [-0.15, -0.1) is 11.3 Å². The minimum atomic E-state index is 0.507. The Bertz CT molecular complexity index is 446. The Morgan fingerprint density at radius 3 is 2.76 bits per heavy atom. The Labute approximate surface area is 133 Å². The van der Waals surface area contributed by atoms with E-state index in [1.54, 1.807) is 10.4 Å². The van der Waals surface area contributed by atoms with Crippen molar-refractivity contribution in [2.24, 2.45) is 5.41 Å². The molecule has 118 valence electrons. The van der Waals surface area contributed by atoms with Gasteiger partial charge in [0.05, 0.1) is 0 Å². The van der Waals surface area contributed by atoms with Crippen molar-refractivity contribution in [3.05, 3.63) is 21.9 Å². The summed E-state index contributed by atoms with van der Waals surface area (Å²) in [6, 6.07) is 2.96. The van der Waals surface area contributed by atoms with E-state index in [0.29, 0.717) is 11.5 Å². The normalized spacial score (nSPS) is 26.3. The average molecular weight is 307 g/mol. The van der Waals surface area contributed by atoms with Crippen molar-refractivity contribution in [1.82, 2.24) is 10.2 Å². The molecule has 0 spiro atoms. The maximum absolute atomic E-state index is 3.50. The second-order valence-corrected chi connectivity index (χ2v) is 8.14. The fraction of sp³-hybridized carbons (Fsp3) is 0.778. The first-order chi connectivity index (χ1) is 10.2. The molecule has 1 saturated carbocycles. The number of rotatable bonds is 4. The molecule has 1 N–H and O–H groups in total. The van der Waals surface area contributed by atoms with Crippen LogP contribution in [0.3, 0.4) is 0 Å². The van der Waals surface area contributed by atoms with Crippen LogP contribution in [-0.4, -0.2) is 31.6 Å². The van der Waals surface area contributed by atoms with Gasteiger partial charge in [-0.1, -0.05) is 25.7 Å². The lowest BCUT2D eigenvalue weighted by atomic mass is 9.79. The molecular weight excluding hydrogens is 276 g/mol. The van der Waals surface area contributed by atoms with Crippen molar-refractivity contribution in [2.75, 3.05) is 26.7 Å². The van der Waals surface area contributed by atoms with Gasteiger partial charge < -0.3 is 5.32 Å². The molecule has 1 aliphatic carbocycles. The molecular formula is C18H30N2S. The molecule has 1 aromatic heterocycles. The standard InChI is InChI=1S/C18H30N2S/c1-15-16-8-12-21-17(16)7-11-20(15)14-18(13-19-2)9-5-3-4-6-10-18/h8,12,15,19H,3-7,9-11,13-14H2,1-2H3. The van der Waals surface area contributed by atoms with E-state index in [1.165, 1.54) is 64.6 Å². The summed E-state index contributed by atoms with van der Waals surface area (Å²) in [6.45, 7) is 6.13. The fourth-order valence-electron chi connectivity index (χ4n) is 4.45. The van der Waals surface area contributed by atoms with E-state index >= 15 is 0 Å². The summed E-state index contributed by atoms with van der Waals surface area (Å²) < 4.78 is 0. The van der Waals surface area contributed by atoms with Gasteiger partial charge >= 0.3 is 0 Å². The fourth-order valence-corrected chi connectivity index (χ4v) is 5.42. The summed E-state index contributed by atoms with van der Waals surface area (Å²) in [5.41, 5.74) is 2.10. The minimum Gasteiger partial charge on any atom is -0.319 e. The summed E-state index contributed by atoms with van der Waals surface area (Å²) in [7, 11) is 2.13. The Morgan fingerprint density at radius 2 is 2.05 bits per heavy atom. The zero-order valence-corrected chi connectivity index (χ0v) is 14.5. The molecule has 0 bridgehead atoms. The van der Waals surface area contributed by atoms with Gasteiger partial charge in [-0.05, 0) is 55.7 Å². The quantitative estimate of drug-likeness (QED) is 0.838. The Kier molecular flexibility index (Phi) is 5.03. The highest BCUT2D eigenvalue weighted by atomic mass is 32.1. The lowest BCUT2D eigenvalue weighted by molar-refractivity contribution is 0.0942. The van der Waals surface area contributed by atoms with E-state index in [-0.39, 0.29) is 0 Å². The van der Waals surface area contributed by atoms with Crippen molar-refractivity contribution in [3.8, 4) is 0 Å². The highest BCUT2D eigenvalue weighted by molar-refractivity contribution is 7.10. The smallest absolute Gasteiger partial charge is 0.0331 e. The van der Waals surface area contributed by atoms with Gasteiger partial charge in [-0.25, -0.2) is 0 Å². The summed E-state index contributed by atoms with van der Waals surface area (Å²) in [6.07, 6.45) is 9.81. The van der Waals surface area contributed by atoms with E-state index in [4.69, 9.17) is 0 Å². The monoisotopic (exact) mass is 306 g/mol. The Hall–Kier alpha value is -0.380. The third-order valence-corrected chi connectivity index (χ3v) is 6.65. The van der Waals surface area contributed by atoms with Crippen molar-refractivity contribution in [3.63, 3.8) is 0 Å². The molecule has 0 radical (unpaired) electrons. The van der Waals surface area contributed by atoms with Crippen LogP contribution in [-0.2, 0) is 6.42 Å². The molecule has 1 fully saturated rings. The van der Waals surface area contributed by atoms with E-state index in [0.717, 1.165) is 0 Å². The average Bonchev–Trinajstić information content (AvgIpc) is 2.84. The van der Waals surface area contributed by atoms with Crippen molar-refractivity contribution in [1.29, 1.82) is 0 Å². The Balaban J connectivity index is 1.74. The number of hydrogen-bond acceptors (Lipinski definition) is 3. The second-order valence-electron chi connectivity index (χ2n) is 7.14. The molecule has 1 unspecified atom stereocenters. The van der Waals surface area contributed by atoms with E-state index in [2.05, 4.69) is 35.6 Å². The van der Waals surface area contributed by atoms with Gasteiger partial charge in [-0.3, -0.25) is 4.90 Å². The van der Waals surface area contributed by atoms with Crippen LogP contribution in [0.15, 0.2) is 11.4 Å². The first-order valence-corrected chi connectivity index (χ1v) is 9.57. The Morgan fingerprint density at radius 1 is 1.29 bits per heavy atom. The zero-order valence-electron chi connectivity index (χ0n) is 13.7. The molecule has 21 heavy (non-hydrogen) atoms. The van der Waals surface area contributed by atoms with Crippen LogP contribution in [0, 0.1) is 5.41 Å². The summed E-state index contributed by atoms with van der Waals surface area (Å²) in [5, 5.41) is 5.78. The van der Waals surface area contributed by atoms with Crippen LogP contribution in [0.4, 0.5) is 0 Å². The third-order valence-electron chi connectivity index (χ3n) is 5.66. The topological polar surface area (TPSA) is 15.3 Å². The zero-order chi connectivity index (χ0) is 14.7. The minimum absolute atomic E-state index is 0.507. The van der Waals surface area contributed by atoms with Crippen LogP contribution < -0.4 is 5.32 Å². The lowest BCUT2D eigenvalue weighted by Crippen LogP contribution is -2.46. The molecule has 2 heterocycles. The van der Waals surface area contributed by atoms with Gasteiger partial charge in [-0.2, -0.15) is 0 Å². The number of thiophene rings is 1. The van der Waals surface area contributed by atoms with Crippen molar-refractivity contribution < 1.29 is 0 Å². The molecule has 2 aliphatic rings. The van der Waals surface area contributed by atoms with E-state index in [1.807, 2.05) is 11.3 Å². The largest absolute Gasteiger partial charge is 0.319 e. The van der Waals surface area contributed by atoms with Gasteiger partial charge in [0.15, 0.2) is 0 Å². The molecule has 1 atom stereocenters. The molecule has 3 heteroatoms. The van der Waals surface area contributed by atoms with Crippen molar-refractivity contribution >= 4 is 11.3 Å². The molecule has 2 nitrogen and oxygen atoms in total. The number of fused-ring (bicyclic) bond motifs is 1. The van der Waals surface area contributed by atoms with Crippen LogP contribution >= 0.6 is 11.3 Å². The maximum Gasteiger partial charge on any atom is 0.0331 e. The third kappa shape index (κ3) is 3.35. The van der Waals surface area contributed by atoms with Crippen LogP contribution in [0.1, 0.15) is 61.9 Å². The highest BCUT2D eigenvalue weighted by Gasteiger charge is 2.35. The number of nitrogens with zero attached hydrogens (tertiary/aromatic N) is 1. The number of nitrogens with one attached hydrogen (secondary N) is 1. The van der Waals surface area contributed by atoms with E-state index < -0.39 is 0 Å². The van der Waals surface area contributed by atoms with Crippen LogP contribution in [0.5, 0.6) is 0 Å². The molecule has 3 rings (SSSR count). The first kappa shape index (κ1) is 15.5. The summed E-state index contributed by atoms with van der Waals surface area (Å²) in [4.78, 5) is 4.39. The molecule has 0 amide bonds. The van der Waals surface area contributed by atoms with E-state index in [9.17, 15) is 0 Å². The number of hydrogen-bond donors (Lipinski definition) is 1. The molecule has 0 aromatic carbocycles. The van der Waals surface area contributed by atoms with Crippen LogP contribution in [0.2, 0.25) is 0 Å². The maximum atomic E-state index is 3.50. The first-order valence-electron chi connectivity index (χ1n) is 8.69. The summed E-state index contributed by atoms with van der Waals surface area (Å²) in [5.74, 6) is 0. The van der Waals surface area contributed by atoms with Crippen LogP contribution in [0.25, 0.3) is 0 Å². The molecule has 1 aliphatic heterocycles. The predicted octanol–water partition coefficient (Wildman–Crippen LogP) is 4.23. The molecule has 0 saturated heterocycles. The van der Waals surface area contributed by atoms with Crippen molar-refractivity contribution in [2.45, 2.75) is 57.9 Å². The van der Waals surface area contributed by atoms with Gasteiger partial charge in [0, 0.05) is 30.6 Å². The van der Waals surface area contributed by atoms with Gasteiger partial charge in [0.1, 0.15) is 0 Å². The lowest BCUT2D eigenvalue weighted by Gasteiger charge is -2.42. The highest BCUT2D eigenvalue weighted by Crippen LogP contribution is 2.39. The molecule has 1 aromatic rings. The SMILES string of the molecule is CNCC1(CN2CCc3sccc3C2C)CCCCCC1.